The van der Waals surface area contributed by atoms with Gasteiger partial charge in [-0.1, -0.05) is 0 Å². The molecule has 3 aliphatic carbocycles. The number of rotatable bonds is 3. The fraction of sp³-hybridized carbons (Fsp3) is 0.700. The van der Waals surface area contributed by atoms with Crippen LogP contribution in [0.2, 0.25) is 0 Å². The van der Waals surface area contributed by atoms with Gasteiger partial charge in [0.1, 0.15) is 17.9 Å². The van der Waals surface area contributed by atoms with E-state index in [4.69, 9.17) is 10.5 Å². The van der Waals surface area contributed by atoms with Crippen molar-refractivity contribution in [3.8, 4) is 0 Å². The van der Waals surface area contributed by atoms with E-state index in [1.54, 1.807) is 4.90 Å². The second-order valence-corrected chi connectivity index (χ2v) is 9.08. The second kappa shape index (κ2) is 6.86. The number of aliphatic hydroxyl groups excluding tert-OH is 1. The van der Waals surface area contributed by atoms with Crippen LogP contribution in [0.1, 0.15) is 31.7 Å². The lowest BCUT2D eigenvalue weighted by molar-refractivity contribution is -0.161. The summed E-state index contributed by atoms with van der Waals surface area (Å²) in [5, 5.41) is 10.2. The van der Waals surface area contributed by atoms with Gasteiger partial charge in [0.2, 0.25) is 0 Å². The Morgan fingerprint density at radius 3 is 2.58 bits per heavy atom. The highest BCUT2D eigenvalue weighted by atomic mass is 19.3. The van der Waals surface area contributed by atoms with E-state index in [0.717, 1.165) is 12.8 Å². The second-order valence-electron chi connectivity index (χ2n) is 9.08. The van der Waals surface area contributed by atoms with Gasteiger partial charge in [0, 0.05) is 31.5 Å². The number of likely N-dealkylation sites (tertiary alicyclic amines) is 1. The molecule has 1 aromatic heterocycles. The largest absolute Gasteiger partial charge is 0.497 e. The quantitative estimate of drug-likeness (QED) is 0.539. The lowest BCUT2D eigenvalue weighted by atomic mass is 9.77. The van der Waals surface area contributed by atoms with E-state index in [1.807, 2.05) is 0 Å². The number of hydrogen-bond donors (Lipinski definition) is 3. The Labute approximate surface area is 174 Å². The first-order chi connectivity index (χ1) is 14.7. The maximum atomic E-state index is 15.6. The van der Waals surface area contributed by atoms with Gasteiger partial charge in [0.15, 0.2) is 6.17 Å². The highest BCUT2D eigenvalue weighted by Crippen LogP contribution is 2.45. The van der Waals surface area contributed by atoms with Crippen LogP contribution in [0.15, 0.2) is 9.59 Å². The number of aromatic nitrogens is 2. The first kappa shape index (κ1) is 20.6. The predicted molar refractivity (Wildman–Crippen MR) is 104 cm³/mol. The molecule has 1 saturated heterocycles. The summed E-state index contributed by atoms with van der Waals surface area (Å²) in [5.41, 5.74) is 4.36. The van der Waals surface area contributed by atoms with Crippen molar-refractivity contribution in [2.45, 2.75) is 56.0 Å². The van der Waals surface area contributed by atoms with Crippen molar-refractivity contribution in [1.82, 2.24) is 14.5 Å². The molecule has 170 valence electrons. The Balaban J connectivity index is 1.66. The van der Waals surface area contributed by atoms with Crippen LogP contribution in [0.5, 0.6) is 0 Å². The summed E-state index contributed by atoms with van der Waals surface area (Å²) in [6.45, 7) is 0.327. The Morgan fingerprint density at radius 2 is 1.94 bits per heavy atom. The van der Waals surface area contributed by atoms with Gasteiger partial charge in [-0.3, -0.25) is 19.2 Å². The van der Waals surface area contributed by atoms with Crippen molar-refractivity contribution in [3.05, 3.63) is 31.4 Å². The van der Waals surface area contributed by atoms with E-state index >= 15 is 4.39 Å². The third-order valence-corrected chi connectivity index (χ3v) is 7.24. The fourth-order valence-corrected chi connectivity index (χ4v) is 5.55. The lowest BCUT2D eigenvalue weighted by Gasteiger charge is -2.36. The van der Waals surface area contributed by atoms with Gasteiger partial charge in [-0.2, -0.15) is 0 Å². The zero-order chi connectivity index (χ0) is 22.2. The zero-order valence-electron chi connectivity index (χ0n) is 17.0. The van der Waals surface area contributed by atoms with E-state index in [0.29, 0.717) is 0 Å². The summed E-state index contributed by atoms with van der Waals surface area (Å²) in [4.78, 5) is 28.9. The molecule has 0 aromatic carbocycles. The number of methoxy groups -OCH3 is 1. The van der Waals surface area contributed by atoms with Gasteiger partial charge in [0.25, 0.3) is 11.5 Å². The van der Waals surface area contributed by atoms with Crippen molar-refractivity contribution in [3.63, 3.8) is 0 Å². The van der Waals surface area contributed by atoms with Crippen LogP contribution < -0.4 is 27.6 Å². The van der Waals surface area contributed by atoms with Crippen LogP contribution in [0.25, 0.3) is 11.5 Å². The zero-order valence-corrected chi connectivity index (χ0v) is 17.0. The van der Waals surface area contributed by atoms with Gasteiger partial charge >= 0.3 is 5.69 Å². The molecule has 1 aromatic rings. The molecule has 8 nitrogen and oxygen atoms in total. The summed E-state index contributed by atoms with van der Waals surface area (Å²) >= 11 is 0. The molecular weight excluding hydrogens is 417 g/mol. The van der Waals surface area contributed by atoms with E-state index in [-0.39, 0.29) is 53.5 Å². The molecule has 1 aliphatic heterocycles. The molecule has 3 fully saturated rings. The van der Waals surface area contributed by atoms with Crippen LogP contribution in [-0.4, -0.2) is 64.0 Å². The Morgan fingerprint density at radius 1 is 1.23 bits per heavy atom. The number of nitrogens with one attached hydrogen (secondary N) is 1. The van der Waals surface area contributed by atoms with Gasteiger partial charge in [-0.25, -0.2) is 18.0 Å². The molecule has 0 amide bonds. The van der Waals surface area contributed by atoms with Crippen LogP contribution in [0.3, 0.4) is 0 Å². The van der Waals surface area contributed by atoms with E-state index < -0.39 is 47.8 Å². The van der Waals surface area contributed by atoms with Crippen LogP contribution in [0, 0.1) is 11.8 Å². The summed E-state index contributed by atoms with van der Waals surface area (Å²) < 4.78 is 50.7. The number of ether oxygens (including phenoxy) is 1. The van der Waals surface area contributed by atoms with Crippen LogP contribution in [0.4, 0.5) is 13.2 Å². The summed E-state index contributed by atoms with van der Waals surface area (Å²) in [5.74, 6) is -4.01. The van der Waals surface area contributed by atoms with Crippen LogP contribution in [-0.2, 0) is 4.74 Å². The number of fused-ring (bicyclic) bond motifs is 2. The number of H-pyrrole nitrogens is 1. The predicted octanol–water partition coefficient (Wildman–Crippen LogP) is -1.25. The number of hydrogen-bond acceptors (Lipinski definition) is 6. The SMILES string of the molecule is COC1=c2c(c(=O)[nH]c(=O)n2C2CC2)=C(N)C(F)C1N1CC2CCC(F)(F)C(O)C2C1. The molecule has 31 heavy (non-hydrogen) atoms. The van der Waals surface area contributed by atoms with E-state index in [2.05, 4.69) is 4.98 Å². The Hall–Kier alpha value is -2.27. The molecule has 5 atom stereocenters. The van der Waals surface area contributed by atoms with Gasteiger partial charge in [0.05, 0.1) is 23.4 Å². The third kappa shape index (κ3) is 2.96. The minimum Gasteiger partial charge on any atom is -0.497 e. The minimum absolute atomic E-state index is 0.0405. The summed E-state index contributed by atoms with van der Waals surface area (Å²) in [6.07, 6.45) is -2.36. The maximum absolute atomic E-state index is 15.6. The average Bonchev–Trinajstić information content (AvgIpc) is 3.45. The number of alkyl halides is 3. The molecule has 4 N–H and O–H groups in total. The number of aromatic amines is 1. The molecule has 2 saturated carbocycles. The minimum atomic E-state index is -3.18. The lowest BCUT2D eigenvalue weighted by Crippen LogP contribution is -2.63. The number of aliphatic hydroxyl groups is 1. The first-order valence-corrected chi connectivity index (χ1v) is 10.5. The number of nitrogens with zero attached hydrogens (tertiary/aromatic N) is 2. The standard InChI is InChI=1S/C20H25F3N4O4/c1-31-16-14-11(18(29)25-19(30)27(14)9-2-3-9)13(24)12(21)15(16)26-6-8-4-5-20(22,23)17(28)10(8)7-26/h8-10,12,15,17,28H,2-7,24H2,1H3,(H,25,29,30). The van der Waals surface area contributed by atoms with Crippen molar-refractivity contribution < 1.29 is 23.0 Å². The van der Waals surface area contributed by atoms with Gasteiger partial charge in [-0.15, -0.1) is 0 Å². The summed E-state index contributed by atoms with van der Waals surface area (Å²) in [7, 11) is 1.33. The molecule has 0 bridgehead atoms. The molecule has 5 rings (SSSR count). The fourth-order valence-electron chi connectivity index (χ4n) is 5.55. The number of nitrogens with two attached hydrogens (primary N) is 1. The van der Waals surface area contributed by atoms with Crippen LogP contribution >= 0.6 is 0 Å². The van der Waals surface area contributed by atoms with Gasteiger partial charge in [-0.05, 0) is 25.2 Å². The molecule has 2 heterocycles. The molecule has 5 unspecified atom stereocenters. The van der Waals surface area contributed by atoms with Crippen molar-refractivity contribution in [2.24, 2.45) is 17.6 Å². The van der Waals surface area contributed by atoms with Crippen molar-refractivity contribution in [1.29, 1.82) is 0 Å². The molecule has 4 aliphatic rings. The normalized spacial score (nSPS) is 35.1. The van der Waals surface area contributed by atoms with E-state index in [9.17, 15) is 23.5 Å². The average molecular weight is 442 g/mol. The number of halogens is 3. The Kier molecular flexibility index (Phi) is 4.57. The molecule has 0 radical (unpaired) electrons. The highest BCUT2D eigenvalue weighted by molar-refractivity contribution is 5.60. The summed E-state index contributed by atoms with van der Waals surface area (Å²) in [6, 6.07) is -1.22. The first-order valence-electron chi connectivity index (χ1n) is 10.5. The van der Waals surface area contributed by atoms with E-state index in [1.165, 1.54) is 11.7 Å². The maximum Gasteiger partial charge on any atom is 0.329 e. The molecule has 0 spiro atoms. The smallest absolute Gasteiger partial charge is 0.329 e. The monoisotopic (exact) mass is 442 g/mol. The third-order valence-electron chi connectivity index (χ3n) is 7.24. The van der Waals surface area contributed by atoms with Crippen molar-refractivity contribution >= 4 is 11.5 Å². The molecular formula is C20H25F3N4O4. The molecule has 11 heteroatoms. The van der Waals surface area contributed by atoms with Crippen molar-refractivity contribution in [2.75, 3.05) is 20.2 Å². The topological polar surface area (TPSA) is 114 Å². The van der Waals surface area contributed by atoms with Gasteiger partial charge < -0.3 is 15.6 Å². The highest BCUT2D eigenvalue weighted by Gasteiger charge is 2.55. The Bertz CT molecular complexity index is 1160.